The summed E-state index contributed by atoms with van der Waals surface area (Å²) in [5.74, 6) is 0.375. The van der Waals surface area contributed by atoms with E-state index < -0.39 is 0 Å². The fourth-order valence-corrected chi connectivity index (χ4v) is 2.32. The van der Waals surface area contributed by atoms with Gasteiger partial charge >= 0.3 is 0 Å². The molecule has 0 saturated heterocycles. The molecule has 0 aliphatic carbocycles. The van der Waals surface area contributed by atoms with Crippen molar-refractivity contribution in [1.29, 1.82) is 0 Å². The van der Waals surface area contributed by atoms with E-state index in [0.717, 1.165) is 5.56 Å². The molecule has 9 nitrogen and oxygen atoms in total. The number of carbonyl (C=O) groups is 2. The number of hydrogen-bond donors (Lipinski definition) is 3. The number of hydrogen-bond acceptors (Lipinski definition) is 4. The Morgan fingerprint density at radius 3 is 2.71 bits per heavy atom. The summed E-state index contributed by atoms with van der Waals surface area (Å²) in [7, 11) is 3.42. The van der Waals surface area contributed by atoms with Crippen LogP contribution in [0.15, 0.2) is 47.7 Å². The van der Waals surface area contributed by atoms with Crippen LogP contribution in [0, 0.1) is 0 Å². The fourth-order valence-electron chi connectivity index (χ4n) is 2.32. The first-order valence-corrected chi connectivity index (χ1v) is 9.06. The molecule has 0 bridgehead atoms. The number of rotatable bonds is 8. The van der Waals surface area contributed by atoms with Gasteiger partial charge in [-0.05, 0) is 30.7 Å². The Bertz CT molecular complexity index is 800. The highest BCUT2D eigenvalue weighted by atomic mass is 16.2. The van der Waals surface area contributed by atoms with E-state index in [9.17, 15) is 9.59 Å². The molecule has 0 aliphatic heterocycles. The third-order valence-electron chi connectivity index (χ3n) is 3.75. The lowest BCUT2D eigenvalue weighted by Gasteiger charge is -2.14. The first kappa shape index (κ1) is 20.9. The second kappa shape index (κ2) is 10.7. The van der Waals surface area contributed by atoms with Crippen molar-refractivity contribution >= 4 is 23.5 Å². The van der Waals surface area contributed by atoms with Gasteiger partial charge in [0.2, 0.25) is 11.8 Å². The van der Waals surface area contributed by atoms with Crippen LogP contribution >= 0.6 is 0 Å². The lowest BCUT2D eigenvalue weighted by atomic mass is 10.2. The largest absolute Gasteiger partial charge is 0.357 e. The lowest BCUT2D eigenvalue weighted by Crippen LogP contribution is -2.42. The Labute approximate surface area is 164 Å². The second-order valence-corrected chi connectivity index (χ2v) is 6.29. The van der Waals surface area contributed by atoms with E-state index in [0.29, 0.717) is 24.7 Å². The van der Waals surface area contributed by atoms with Crippen molar-refractivity contribution in [2.75, 3.05) is 32.5 Å². The van der Waals surface area contributed by atoms with E-state index in [2.05, 4.69) is 26.0 Å². The van der Waals surface area contributed by atoms with Crippen LogP contribution in [0.3, 0.4) is 0 Å². The SMILES string of the molecule is CCNC(=NCc1cccc(NC(=O)Cn2cccn2)c1)NCC(=O)N(C)C. The van der Waals surface area contributed by atoms with Crippen molar-refractivity contribution in [3.05, 3.63) is 48.3 Å². The predicted octanol–water partition coefficient (Wildman–Crippen LogP) is 0.665. The third kappa shape index (κ3) is 7.10. The van der Waals surface area contributed by atoms with Gasteiger partial charge in [0.25, 0.3) is 0 Å². The maximum absolute atomic E-state index is 12.1. The highest BCUT2D eigenvalue weighted by Crippen LogP contribution is 2.11. The number of likely N-dealkylation sites (N-methyl/N-ethyl adjacent to an activating group) is 1. The monoisotopic (exact) mass is 385 g/mol. The number of guanidine groups is 1. The summed E-state index contributed by atoms with van der Waals surface area (Å²) >= 11 is 0. The molecular formula is C19H27N7O2. The first-order valence-electron chi connectivity index (χ1n) is 9.06. The molecule has 28 heavy (non-hydrogen) atoms. The highest BCUT2D eigenvalue weighted by Gasteiger charge is 2.06. The molecule has 9 heteroatoms. The van der Waals surface area contributed by atoms with Gasteiger partial charge in [-0.3, -0.25) is 14.3 Å². The van der Waals surface area contributed by atoms with Crippen LogP contribution in [0.25, 0.3) is 0 Å². The van der Waals surface area contributed by atoms with Crippen molar-refractivity contribution in [2.45, 2.75) is 20.0 Å². The number of aliphatic imine (C=N–C) groups is 1. The van der Waals surface area contributed by atoms with E-state index in [4.69, 9.17) is 0 Å². The quantitative estimate of drug-likeness (QED) is 0.458. The molecule has 0 aliphatic rings. The first-order chi connectivity index (χ1) is 13.5. The fraction of sp³-hybridized carbons (Fsp3) is 0.368. The third-order valence-corrected chi connectivity index (χ3v) is 3.75. The van der Waals surface area contributed by atoms with Crippen LogP contribution in [-0.2, 0) is 22.7 Å². The van der Waals surface area contributed by atoms with Crippen molar-refractivity contribution in [3.8, 4) is 0 Å². The van der Waals surface area contributed by atoms with E-state index in [1.807, 2.05) is 31.2 Å². The van der Waals surface area contributed by atoms with Crippen molar-refractivity contribution in [3.63, 3.8) is 0 Å². The maximum Gasteiger partial charge on any atom is 0.246 e. The van der Waals surface area contributed by atoms with Gasteiger partial charge in [0.05, 0.1) is 13.1 Å². The smallest absolute Gasteiger partial charge is 0.246 e. The van der Waals surface area contributed by atoms with Crippen LogP contribution in [0.1, 0.15) is 12.5 Å². The van der Waals surface area contributed by atoms with E-state index in [1.165, 1.54) is 4.90 Å². The number of amides is 2. The minimum atomic E-state index is -0.151. The Morgan fingerprint density at radius 1 is 1.21 bits per heavy atom. The molecule has 2 amide bonds. The molecule has 3 N–H and O–H groups in total. The molecular weight excluding hydrogens is 358 g/mol. The van der Waals surface area contributed by atoms with Crippen molar-refractivity contribution in [1.82, 2.24) is 25.3 Å². The summed E-state index contributed by atoms with van der Waals surface area (Å²) in [6.45, 7) is 3.38. The van der Waals surface area contributed by atoms with Crippen LogP contribution in [0.4, 0.5) is 5.69 Å². The van der Waals surface area contributed by atoms with Crippen LogP contribution in [0.5, 0.6) is 0 Å². The minimum absolute atomic E-state index is 0.0347. The highest BCUT2D eigenvalue weighted by molar-refractivity contribution is 5.90. The average molecular weight is 385 g/mol. The number of nitrogens with one attached hydrogen (secondary N) is 3. The average Bonchev–Trinajstić information content (AvgIpc) is 3.16. The molecule has 150 valence electrons. The summed E-state index contributed by atoms with van der Waals surface area (Å²) in [6.07, 6.45) is 3.37. The summed E-state index contributed by atoms with van der Waals surface area (Å²) in [5, 5.41) is 13.0. The molecule has 0 unspecified atom stereocenters. The zero-order chi connectivity index (χ0) is 20.4. The molecule has 2 aromatic rings. The Hall–Kier alpha value is -3.36. The molecule has 0 radical (unpaired) electrons. The maximum atomic E-state index is 12.1. The van der Waals surface area contributed by atoms with E-state index in [1.54, 1.807) is 37.2 Å². The van der Waals surface area contributed by atoms with Gasteiger partial charge in [0.15, 0.2) is 5.96 Å². The van der Waals surface area contributed by atoms with Crippen molar-refractivity contribution in [2.24, 2.45) is 4.99 Å². The van der Waals surface area contributed by atoms with Gasteiger partial charge in [-0.15, -0.1) is 0 Å². The number of nitrogens with zero attached hydrogens (tertiary/aromatic N) is 4. The lowest BCUT2D eigenvalue weighted by molar-refractivity contribution is -0.127. The normalized spacial score (nSPS) is 11.0. The predicted molar refractivity (Wildman–Crippen MR) is 109 cm³/mol. The number of aromatic nitrogens is 2. The van der Waals surface area contributed by atoms with Gasteiger partial charge in [-0.25, -0.2) is 4.99 Å². The van der Waals surface area contributed by atoms with Crippen LogP contribution in [-0.4, -0.2) is 59.6 Å². The zero-order valence-corrected chi connectivity index (χ0v) is 16.5. The zero-order valence-electron chi connectivity index (χ0n) is 16.5. The van der Waals surface area contributed by atoms with Gasteiger partial charge < -0.3 is 20.9 Å². The van der Waals surface area contributed by atoms with Gasteiger partial charge in [0, 0.05) is 38.7 Å². The molecule has 2 rings (SSSR count). The van der Waals surface area contributed by atoms with Crippen molar-refractivity contribution < 1.29 is 9.59 Å². The Kier molecular flexibility index (Phi) is 8.01. The Balaban J connectivity index is 1.94. The topological polar surface area (TPSA) is 104 Å². The Morgan fingerprint density at radius 2 is 2.04 bits per heavy atom. The van der Waals surface area contributed by atoms with Gasteiger partial charge in [0.1, 0.15) is 6.54 Å². The minimum Gasteiger partial charge on any atom is -0.357 e. The van der Waals surface area contributed by atoms with E-state index >= 15 is 0 Å². The molecule has 0 saturated carbocycles. The summed E-state index contributed by atoms with van der Waals surface area (Å²) in [6, 6.07) is 9.27. The van der Waals surface area contributed by atoms with Crippen LogP contribution < -0.4 is 16.0 Å². The van der Waals surface area contributed by atoms with Crippen LogP contribution in [0.2, 0.25) is 0 Å². The molecule has 0 spiro atoms. The summed E-state index contributed by atoms with van der Waals surface area (Å²) < 4.78 is 1.56. The summed E-state index contributed by atoms with van der Waals surface area (Å²) in [5.41, 5.74) is 1.64. The molecule has 1 aromatic heterocycles. The number of anilines is 1. The molecule has 0 fully saturated rings. The van der Waals surface area contributed by atoms with Gasteiger partial charge in [-0.1, -0.05) is 12.1 Å². The number of carbonyl (C=O) groups excluding carboxylic acids is 2. The standard InChI is InChI=1S/C19H27N7O2/c1-4-20-19(22-13-18(28)25(2)3)21-12-15-7-5-8-16(11-15)24-17(27)14-26-10-6-9-23-26/h5-11H,4,12-14H2,1-3H3,(H,24,27)(H2,20,21,22). The van der Waals surface area contributed by atoms with Gasteiger partial charge in [-0.2, -0.15) is 5.10 Å². The summed E-state index contributed by atoms with van der Waals surface area (Å²) in [4.78, 5) is 29.8. The molecule has 1 heterocycles. The second-order valence-electron chi connectivity index (χ2n) is 6.29. The molecule has 1 aromatic carbocycles. The van der Waals surface area contributed by atoms with E-state index in [-0.39, 0.29) is 24.9 Å². The number of benzene rings is 1. The molecule has 0 atom stereocenters.